The van der Waals surface area contributed by atoms with Gasteiger partial charge in [-0.15, -0.1) is 10.2 Å². The summed E-state index contributed by atoms with van der Waals surface area (Å²) in [5.41, 5.74) is -0.283. The van der Waals surface area contributed by atoms with Crippen molar-refractivity contribution in [1.82, 2.24) is 20.0 Å². The Hall–Kier alpha value is -2.61. The van der Waals surface area contributed by atoms with Gasteiger partial charge >= 0.3 is 0 Å². The van der Waals surface area contributed by atoms with Gasteiger partial charge in [0.05, 0.1) is 11.6 Å². The molecule has 8 heteroatoms. The Kier molecular flexibility index (Phi) is 3.38. The molecule has 1 aromatic carbocycles. The third-order valence-corrected chi connectivity index (χ3v) is 4.67. The number of benzene rings is 1. The number of amides is 1. The van der Waals surface area contributed by atoms with Crippen LogP contribution in [0.4, 0.5) is 5.13 Å². The van der Waals surface area contributed by atoms with E-state index >= 15 is 0 Å². The zero-order valence-electron chi connectivity index (χ0n) is 12.1. The molecule has 3 aromatic rings. The Bertz CT molecular complexity index is 944. The van der Waals surface area contributed by atoms with E-state index < -0.39 is 0 Å². The van der Waals surface area contributed by atoms with Crippen molar-refractivity contribution in [3.63, 3.8) is 0 Å². The molecule has 116 valence electrons. The molecule has 1 fully saturated rings. The van der Waals surface area contributed by atoms with Gasteiger partial charge < -0.3 is 0 Å². The molecule has 0 bridgehead atoms. The minimum absolute atomic E-state index is 0.151. The summed E-state index contributed by atoms with van der Waals surface area (Å²) in [6.07, 6.45) is 3.86. The molecule has 0 saturated heterocycles. The van der Waals surface area contributed by atoms with Crippen LogP contribution in [0.25, 0.3) is 10.8 Å². The highest BCUT2D eigenvalue weighted by molar-refractivity contribution is 7.15. The van der Waals surface area contributed by atoms with Gasteiger partial charge in [-0.25, -0.2) is 4.68 Å². The molecule has 7 nitrogen and oxygen atoms in total. The van der Waals surface area contributed by atoms with Gasteiger partial charge in [-0.3, -0.25) is 14.9 Å². The fourth-order valence-corrected chi connectivity index (χ4v) is 3.24. The first-order valence-electron chi connectivity index (χ1n) is 7.29. The maximum Gasteiger partial charge on any atom is 0.275 e. The Morgan fingerprint density at radius 2 is 2.13 bits per heavy atom. The van der Waals surface area contributed by atoms with Gasteiger partial charge in [-0.2, -0.15) is 5.10 Å². The van der Waals surface area contributed by atoms with Crippen molar-refractivity contribution in [3.05, 3.63) is 45.8 Å². The lowest BCUT2D eigenvalue weighted by atomic mass is 10.2. The molecule has 1 aliphatic rings. The van der Waals surface area contributed by atoms with Crippen LogP contribution in [0.2, 0.25) is 0 Å². The summed E-state index contributed by atoms with van der Waals surface area (Å²) in [5, 5.41) is 17.5. The van der Waals surface area contributed by atoms with E-state index in [4.69, 9.17) is 0 Å². The summed E-state index contributed by atoms with van der Waals surface area (Å²) in [6.45, 7) is -0.151. The molecule has 1 N–H and O–H groups in total. The predicted octanol–water partition coefficient (Wildman–Crippen LogP) is 1.76. The second-order valence-corrected chi connectivity index (χ2v) is 6.47. The van der Waals surface area contributed by atoms with Crippen LogP contribution in [0.15, 0.2) is 35.3 Å². The lowest BCUT2D eigenvalue weighted by molar-refractivity contribution is -0.117. The van der Waals surface area contributed by atoms with Crippen molar-refractivity contribution < 1.29 is 4.79 Å². The summed E-state index contributed by atoms with van der Waals surface area (Å²) in [4.78, 5) is 24.4. The second kappa shape index (κ2) is 5.54. The first-order chi connectivity index (χ1) is 11.2. The van der Waals surface area contributed by atoms with Crippen LogP contribution in [0.1, 0.15) is 23.8 Å². The zero-order chi connectivity index (χ0) is 15.8. The summed E-state index contributed by atoms with van der Waals surface area (Å²) in [5.74, 6) is 0.163. The molecule has 23 heavy (non-hydrogen) atoms. The van der Waals surface area contributed by atoms with E-state index in [1.165, 1.54) is 11.3 Å². The molecule has 0 unspecified atom stereocenters. The molecule has 1 aliphatic carbocycles. The molecular weight excluding hydrogens is 314 g/mol. The molecular formula is C15H13N5O2S. The van der Waals surface area contributed by atoms with E-state index in [1.54, 1.807) is 18.3 Å². The number of hydrogen-bond acceptors (Lipinski definition) is 6. The van der Waals surface area contributed by atoms with Crippen molar-refractivity contribution >= 4 is 33.1 Å². The normalized spacial score (nSPS) is 14.1. The summed E-state index contributed by atoms with van der Waals surface area (Å²) in [6, 6.07) is 7.16. The maximum atomic E-state index is 12.3. The Balaban J connectivity index is 1.51. The Morgan fingerprint density at radius 1 is 1.30 bits per heavy atom. The summed E-state index contributed by atoms with van der Waals surface area (Å²) < 4.78 is 1.15. The smallest absolute Gasteiger partial charge is 0.275 e. The minimum Gasteiger partial charge on any atom is -0.299 e. The van der Waals surface area contributed by atoms with Crippen LogP contribution in [0.5, 0.6) is 0 Å². The average molecular weight is 327 g/mol. The van der Waals surface area contributed by atoms with Gasteiger partial charge in [-0.05, 0) is 18.9 Å². The quantitative estimate of drug-likeness (QED) is 0.788. The number of carbonyl (C=O) groups is 1. The number of aromatic nitrogens is 4. The Morgan fingerprint density at radius 3 is 2.96 bits per heavy atom. The van der Waals surface area contributed by atoms with Crippen LogP contribution in [-0.2, 0) is 11.3 Å². The van der Waals surface area contributed by atoms with Crippen LogP contribution in [-0.4, -0.2) is 25.9 Å². The Labute approximate surface area is 135 Å². The molecule has 0 spiro atoms. The van der Waals surface area contributed by atoms with Crippen molar-refractivity contribution in [2.45, 2.75) is 25.3 Å². The number of anilines is 1. The molecule has 0 radical (unpaired) electrons. The largest absolute Gasteiger partial charge is 0.299 e. The van der Waals surface area contributed by atoms with Gasteiger partial charge in [0.1, 0.15) is 11.6 Å². The molecule has 1 amide bonds. The first kappa shape index (κ1) is 14.0. The van der Waals surface area contributed by atoms with E-state index in [1.807, 2.05) is 12.1 Å². The summed E-state index contributed by atoms with van der Waals surface area (Å²) in [7, 11) is 0. The molecule has 2 aromatic heterocycles. The third kappa shape index (κ3) is 2.85. The van der Waals surface area contributed by atoms with E-state index in [0.29, 0.717) is 16.4 Å². The minimum atomic E-state index is -0.339. The number of nitrogens with zero attached hydrogens (tertiary/aromatic N) is 4. The molecule has 4 rings (SSSR count). The number of rotatable bonds is 4. The van der Waals surface area contributed by atoms with E-state index in [2.05, 4.69) is 20.6 Å². The van der Waals surface area contributed by atoms with Crippen LogP contribution >= 0.6 is 11.3 Å². The fourth-order valence-electron chi connectivity index (χ4n) is 2.32. The lowest BCUT2D eigenvalue weighted by Gasteiger charge is -2.05. The number of hydrogen-bond donors (Lipinski definition) is 1. The van der Waals surface area contributed by atoms with Crippen LogP contribution in [0, 0.1) is 0 Å². The zero-order valence-corrected chi connectivity index (χ0v) is 12.9. The first-order valence-corrected chi connectivity index (χ1v) is 8.10. The fraction of sp³-hybridized carbons (Fsp3) is 0.267. The van der Waals surface area contributed by atoms with E-state index in [-0.39, 0.29) is 18.0 Å². The standard InChI is InChI=1S/C15H13N5O2S/c21-12(17-15-19-18-13(23-15)9-5-6-9)8-20-14(22)11-4-2-1-3-10(11)7-16-20/h1-4,7,9H,5-6,8H2,(H,17,19,21). The highest BCUT2D eigenvalue weighted by Crippen LogP contribution is 2.41. The lowest BCUT2D eigenvalue weighted by Crippen LogP contribution is -2.29. The SMILES string of the molecule is O=C(Cn1ncc2ccccc2c1=O)Nc1nnc(C2CC2)s1. The van der Waals surface area contributed by atoms with Gasteiger partial charge in [0.15, 0.2) is 0 Å². The van der Waals surface area contributed by atoms with Crippen LogP contribution in [0.3, 0.4) is 0 Å². The number of nitrogens with one attached hydrogen (secondary N) is 1. The van der Waals surface area contributed by atoms with Crippen LogP contribution < -0.4 is 10.9 Å². The van der Waals surface area contributed by atoms with Gasteiger partial charge in [0, 0.05) is 11.3 Å². The molecule has 0 aliphatic heterocycles. The number of carbonyl (C=O) groups excluding carboxylic acids is 1. The molecule has 0 atom stereocenters. The summed E-state index contributed by atoms with van der Waals surface area (Å²) >= 11 is 1.39. The monoisotopic (exact) mass is 327 g/mol. The van der Waals surface area contributed by atoms with Gasteiger partial charge in [-0.1, -0.05) is 29.5 Å². The molecule has 2 heterocycles. The average Bonchev–Trinajstić information content (AvgIpc) is 3.31. The van der Waals surface area contributed by atoms with Crippen molar-refractivity contribution in [1.29, 1.82) is 0 Å². The van der Waals surface area contributed by atoms with Crippen molar-refractivity contribution in [2.24, 2.45) is 0 Å². The highest BCUT2D eigenvalue weighted by Gasteiger charge is 2.27. The van der Waals surface area contributed by atoms with E-state index in [9.17, 15) is 9.59 Å². The van der Waals surface area contributed by atoms with E-state index in [0.717, 1.165) is 27.9 Å². The maximum absolute atomic E-state index is 12.3. The highest BCUT2D eigenvalue weighted by atomic mass is 32.1. The predicted molar refractivity (Wildman–Crippen MR) is 86.5 cm³/mol. The molecule has 1 saturated carbocycles. The van der Waals surface area contributed by atoms with Gasteiger partial charge in [0.2, 0.25) is 11.0 Å². The topological polar surface area (TPSA) is 89.8 Å². The number of fused-ring (bicyclic) bond motifs is 1. The van der Waals surface area contributed by atoms with Crippen molar-refractivity contribution in [3.8, 4) is 0 Å². The van der Waals surface area contributed by atoms with Gasteiger partial charge in [0.25, 0.3) is 5.56 Å². The van der Waals surface area contributed by atoms with Crippen molar-refractivity contribution in [2.75, 3.05) is 5.32 Å². The third-order valence-electron chi connectivity index (χ3n) is 3.67. The second-order valence-electron chi connectivity index (χ2n) is 5.46.